The van der Waals surface area contributed by atoms with Crippen LogP contribution in [0.15, 0.2) is 66.8 Å². The van der Waals surface area contributed by atoms with Gasteiger partial charge in [0.15, 0.2) is 5.78 Å². The quantitative estimate of drug-likeness (QED) is 0.696. The summed E-state index contributed by atoms with van der Waals surface area (Å²) in [4.78, 5) is 11.3. The largest absolute Gasteiger partial charge is 0.294 e. The SMILES string of the molecule is C=C/C=C(\C)C1C(=O)C=CC1C.CC(F)c1ccccc1. The van der Waals surface area contributed by atoms with E-state index in [4.69, 9.17) is 0 Å². The zero-order valence-corrected chi connectivity index (χ0v) is 12.9. The summed E-state index contributed by atoms with van der Waals surface area (Å²) in [7, 11) is 0. The molecule has 0 spiro atoms. The van der Waals surface area contributed by atoms with Crippen molar-refractivity contribution in [1.29, 1.82) is 0 Å². The van der Waals surface area contributed by atoms with E-state index in [-0.39, 0.29) is 11.7 Å². The summed E-state index contributed by atoms with van der Waals surface area (Å²) in [5.41, 5.74) is 1.85. The third-order valence-electron chi connectivity index (χ3n) is 3.53. The van der Waals surface area contributed by atoms with Crippen LogP contribution in [0.1, 0.15) is 32.5 Å². The fourth-order valence-electron chi connectivity index (χ4n) is 2.37. The lowest BCUT2D eigenvalue weighted by Crippen LogP contribution is -2.14. The molecule has 21 heavy (non-hydrogen) atoms. The second-order valence-corrected chi connectivity index (χ2v) is 5.27. The molecule has 112 valence electrons. The van der Waals surface area contributed by atoms with E-state index in [2.05, 4.69) is 13.5 Å². The molecule has 0 N–H and O–H groups in total. The Kier molecular flexibility index (Phi) is 6.80. The standard InChI is InChI=1S/C11H14O.C8H9F/c1-4-5-8(2)11-9(3)6-7-10(11)12;1-7(9)8-5-3-2-4-6-8/h4-7,9,11H,1H2,2-3H3;2-7H,1H3/b8-5+;. The maximum absolute atomic E-state index is 12.4. The molecule has 2 heteroatoms. The smallest absolute Gasteiger partial charge is 0.163 e. The molecule has 1 nitrogen and oxygen atoms in total. The van der Waals surface area contributed by atoms with Gasteiger partial charge >= 0.3 is 0 Å². The van der Waals surface area contributed by atoms with Crippen LogP contribution in [0.3, 0.4) is 0 Å². The van der Waals surface area contributed by atoms with Crippen LogP contribution >= 0.6 is 0 Å². The van der Waals surface area contributed by atoms with Crippen LogP contribution < -0.4 is 0 Å². The van der Waals surface area contributed by atoms with Gasteiger partial charge in [-0.3, -0.25) is 4.79 Å². The molecule has 1 aliphatic rings. The van der Waals surface area contributed by atoms with Gasteiger partial charge in [-0.05, 0) is 31.4 Å². The second-order valence-electron chi connectivity index (χ2n) is 5.27. The highest BCUT2D eigenvalue weighted by molar-refractivity contribution is 5.96. The van der Waals surface area contributed by atoms with E-state index in [1.54, 1.807) is 24.3 Å². The molecule has 1 aliphatic carbocycles. The Morgan fingerprint density at radius 1 is 1.33 bits per heavy atom. The van der Waals surface area contributed by atoms with E-state index in [0.717, 1.165) is 11.1 Å². The van der Waals surface area contributed by atoms with Gasteiger partial charge < -0.3 is 0 Å². The maximum atomic E-state index is 12.4. The predicted molar refractivity (Wildman–Crippen MR) is 86.7 cm³/mol. The lowest BCUT2D eigenvalue weighted by atomic mass is 9.89. The molecule has 0 amide bonds. The molecule has 0 radical (unpaired) electrons. The molecule has 0 aromatic heterocycles. The number of allylic oxidation sites excluding steroid dienone is 5. The average Bonchev–Trinajstić information content (AvgIpc) is 2.80. The predicted octanol–water partition coefficient (Wildman–Crippen LogP) is 5.23. The van der Waals surface area contributed by atoms with Gasteiger partial charge in [0, 0.05) is 5.92 Å². The molecule has 3 unspecified atom stereocenters. The third kappa shape index (κ3) is 5.14. The van der Waals surface area contributed by atoms with E-state index in [9.17, 15) is 9.18 Å². The van der Waals surface area contributed by atoms with Crippen molar-refractivity contribution < 1.29 is 9.18 Å². The summed E-state index contributed by atoms with van der Waals surface area (Å²) >= 11 is 0. The number of carbonyl (C=O) groups is 1. The molecule has 0 saturated heterocycles. The van der Waals surface area contributed by atoms with E-state index < -0.39 is 6.17 Å². The Labute approximate surface area is 126 Å². The molecule has 0 heterocycles. The van der Waals surface area contributed by atoms with Crippen molar-refractivity contribution in [2.45, 2.75) is 26.9 Å². The highest BCUT2D eigenvalue weighted by Crippen LogP contribution is 2.28. The highest BCUT2D eigenvalue weighted by atomic mass is 19.1. The minimum atomic E-state index is -0.841. The topological polar surface area (TPSA) is 17.1 Å². The van der Waals surface area contributed by atoms with Crippen molar-refractivity contribution in [3.63, 3.8) is 0 Å². The van der Waals surface area contributed by atoms with Crippen LogP contribution in [0.5, 0.6) is 0 Å². The lowest BCUT2D eigenvalue weighted by molar-refractivity contribution is -0.117. The van der Waals surface area contributed by atoms with Gasteiger partial charge in [-0.15, -0.1) is 0 Å². The van der Waals surface area contributed by atoms with Gasteiger partial charge in [0.2, 0.25) is 0 Å². The monoisotopic (exact) mass is 286 g/mol. The number of rotatable bonds is 3. The second kappa shape index (κ2) is 8.35. The molecule has 2 rings (SSSR count). The molecular formula is C19H23FO. The Balaban J connectivity index is 0.000000219. The number of carbonyl (C=O) groups excluding carboxylic acids is 1. The van der Waals surface area contributed by atoms with Crippen LogP contribution in [0, 0.1) is 11.8 Å². The molecule has 0 bridgehead atoms. The number of hydrogen-bond donors (Lipinski definition) is 0. The molecule has 0 saturated carbocycles. The first kappa shape index (κ1) is 17.1. The van der Waals surface area contributed by atoms with E-state index >= 15 is 0 Å². The summed E-state index contributed by atoms with van der Waals surface area (Å²) in [5, 5.41) is 0. The number of halogens is 1. The van der Waals surface area contributed by atoms with Gasteiger partial charge in [0.1, 0.15) is 6.17 Å². The zero-order chi connectivity index (χ0) is 15.8. The van der Waals surface area contributed by atoms with E-state index in [0.29, 0.717) is 5.92 Å². The van der Waals surface area contributed by atoms with Crippen molar-refractivity contribution in [2.24, 2.45) is 11.8 Å². The first-order valence-corrected chi connectivity index (χ1v) is 7.17. The molecule has 0 aliphatic heterocycles. The Morgan fingerprint density at radius 2 is 1.95 bits per heavy atom. The molecule has 1 aromatic carbocycles. The lowest BCUT2D eigenvalue weighted by Gasteiger charge is -2.13. The fraction of sp³-hybridized carbons (Fsp3) is 0.316. The first-order valence-electron chi connectivity index (χ1n) is 7.17. The van der Waals surface area contributed by atoms with Crippen molar-refractivity contribution in [2.75, 3.05) is 0 Å². The summed E-state index contributed by atoms with van der Waals surface area (Å²) in [6.07, 6.45) is 6.44. The van der Waals surface area contributed by atoms with Crippen LogP contribution in [0.2, 0.25) is 0 Å². The zero-order valence-electron chi connectivity index (χ0n) is 12.9. The number of alkyl halides is 1. The molecule has 0 fully saturated rings. The Bertz CT molecular complexity index is 526. The van der Waals surface area contributed by atoms with Crippen LogP contribution in [0.4, 0.5) is 4.39 Å². The maximum Gasteiger partial charge on any atom is 0.163 e. The van der Waals surface area contributed by atoms with E-state index in [1.165, 1.54) is 6.92 Å². The van der Waals surface area contributed by atoms with Crippen molar-refractivity contribution in [3.05, 3.63) is 72.4 Å². The average molecular weight is 286 g/mol. The van der Waals surface area contributed by atoms with Gasteiger partial charge in [0.25, 0.3) is 0 Å². The first-order chi connectivity index (χ1) is 9.97. The highest BCUT2D eigenvalue weighted by Gasteiger charge is 2.27. The third-order valence-corrected chi connectivity index (χ3v) is 3.53. The van der Waals surface area contributed by atoms with Crippen LogP contribution in [0.25, 0.3) is 0 Å². The van der Waals surface area contributed by atoms with Gasteiger partial charge in [-0.25, -0.2) is 4.39 Å². The summed E-state index contributed by atoms with van der Waals surface area (Å²) in [5.74, 6) is 0.620. The van der Waals surface area contributed by atoms with Gasteiger partial charge in [-0.1, -0.05) is 67.6 Å². The van der Waals surface area contributed by atoms with Crippen LogP contribution in [-0.4, -0.2) is 5.78 Å². The summed E-state index contributed by atoms with van der Waals surface area (Å²) < 4.78 is 12.4. The molecule has 3 atom stereocenters. The Hall–Kier alpha value is -1.96. The van der Waals surface area contributed by atoms with E-state index in [1.807, 2.05) is 37.3 Å². The molecular weight excluding hydrogens is 263 g/mol. The fourth-order valence-corrected chi connectivity index (χ4v) is 2.37. The summed E-state index contributed by atoms with van der Waals surface area (Å²) in [6, 6.07) is 9.12. The Morgan fingerprint density at radius 3 is 2.33 bits per heavy atom. The van der Waals surface area contributed by atoms with Crippen molar-refractivity contribution in [3.8, 4) is 0 Å². The van der Waals surface area contributed by atoms with Crippen molar-refractivity contribution in [1.82, 2.24) is 0 Å². The van der Waals surface area contributed by atoms with Crippen molar-refractivity contribution >= 4 is 5.78 Å². The molecule has 1 aromatic rings. The number of benzene rings is 1. The summed E-state index contributed by atoms with van der Waals surface area (Å²) in [6.45, 7) is 9.19. The number of ketones is 1. The minimum Gasteiger partial charge on any atom is -0.294 e. The van der Waals surface area contributed by atoms with Gasteiger partial charge in [-0.2, -0.15) is 0 Å². The normalized spacial score (nSPS) is 22.5. The van der Waals surface area contributed by atoms with Gasteiger partial charge in [0.05, 0.1) is 0 Å². The number of hydrogen-bond acceptors (Lipinski definition) is 1. The van der Waals surface area contributed by atoms with Crippen LogP contribution in [-0.2, 0) is 4.79 Å². The minimum absolute atomic E-state index is 0.0583.